The van der Waals surface area contributed by atoms with Gasteiger partial charge in [0.2, 0.25) is 0 Å². The number of benzene rings is 1. The first kappa shape index (κ1) is 24.8. The maximum atomic E-state index is 12.0. The van der Waals surface area contributed by atoms with Gasteiger partial charge in [-0.2, -0.15) is 0 Å². The number of esters is 1. The lowest BCUT2D eigenvalue weighted by Crippen LogP contribution is -2.38. The van der Waals surface area contributed by atoms with Crippen molar-refractivity contribution in [1.82, 2.24) is 15.6 Å². The van der Waals surface area contributed by atoms with E-state index in [1.54, 1.807) is 39.1 Å². The minimum Gasteiger partial charge on any atom is -0.462 e. The lowest BCUT2D eigenvalue weighted by atomic mass is 10.2. The fourth-order valence-electron chi connectivity index (χ4n) is 2.47. The molecule has 2 N–H and O–H groups in total. The summed E-state index contributed by atoms with van der Waals surface area (Å²) >= 11 is 1.27. The van der Waals surface area contributed by atoms with E-state index in [1.807, 2.05) is 6.92 Å². The molecule has 0 saturated carbocycles. The van der Waals surface area contributed by atoms with Crippen molar-refractivity contribution in [3.8, 4) is 0 Å². The zero-order valence-corrected chi connectivity index (χ0v) is 19.7. The molecule has 0 radical (unpaired) electrons. The Morgan fingerprint density at radius 1 is 1.41 bits per heavy atom. The molecule has 11 heteroatoms. The molecular weight excluding hydrogens is 509 g/mol. The van der Waals surface area contributed by atoms with Crippen LogP contribution in [0.15, 0.2) is 29.3 Å². The zero-order valence-electron chi connectivity index (χ0n) is 16.6. The van der Waals surface area contributed by atoms with Crippen LogP contribution in [0.2, 0.25) is 0 Å². The molecule has 158 valence electrons. The second-order valence-electron chi connectivity index (χ2n) is 5.86. The van der Waals surface area contributed by atoms with Crippen LogP contribution in [0.4, 0.5) is 5.69 Å². The number of ether oxygens (including phenoxy) is 1. The van der Waals surface area contributed by atoms with Crippen LogP contribution in [0.3, 0.4) is 0 Å². The van der Waals surface area contributed by atoms with Gasteiger partial charge in [0.15, 0.2) is 5.96 Å². The van der Waals surface area contributed by atoms with E-state index in [1.165, 1.54) is 17.4 Å². The maximum Gasteiger partial charge on any atom is 0.350 e. The predicted octanol–water partition coefficient (Wildman–Crippen LogP) is 3.58. The summed E-state index contributed by atoms with van der Waals surface area (Å²) in [6, 6.07) is 6.31. The van der Waals surface area contributed by atoms with Crippen molar-refractivity contribution in [3.63, 3.8) is 0 Å². The first-order valence-electron chi connectivity index (χ1n) is 8.71. The Labute approximate surface area is 190 Å². The van der Waals surface area contributed by atoms with Crippen molar-refractivity contribution in [1.29, 1.82) is 0 Å². The van der Waals surface area contributed by atoms with E-state index in [4.69, 9.17) is 4.74 Å². The van der Waals surface area contributed by atoms with Gasteiger partial charge in [-0.05, 0) is 20.8 Å². The molecule has 9 nitrogen and oxygen atoms in total. The Bertz CT molecular complexity index is 887. The molecule has 0 spiro atoms. The van der Waals surface area contributed by atoms with Crippen LogP contribution in [0, 0.1) is 17.0 Å². The molecule has 29 heavy (non-hydrogen) atoms. The number of halogens is 1. The fraction of sp³-hybridized carbons (Fsp3) is 0.389. The summed E-state index contributed by atoms with van der Waals surface area (Å²) in [6.07, 6.45) is 0. The molecule has 0 bridgehead atoms. The minimum absolute atomic E-state index is 0. The van der Waals surface area contributed by atoms with Gasteiger partial charge in [-0.3, -0.25) is 15.1 Å². The molecule has 0 aliphatic rings. The Hall–Kier alpha value is -2.28. The van der Waals surface area contributed by atoms with Crippen LogP contribution in [-0.2, 0) is 11.3 Å². The summed E-state index contributed by atoms with van der Waals surface area (Å²) in [7, 11) is 1.61. The normalized spacial score (nSPS) is 11.9. The second-order valence-corrected chi connectivity index (χ2v) is 6.90. The first-order chi connectivity index (χ1) is 13.4. The van der Waals surface area contributed by atoms with Gasteiger partial charge in [-0.15, -0.1) is 35.3 Å². The molecule has 2 rings (SSSR count). The van der Waals surface area contributed by atoms with E-state index in [0.717, 1.165) is 0 Å². The number of carbonyl (C=O) groups is 1. The Morgan fingerprint density at radius 2 is 2.10 bits per heavy atom. The molecule has 0 aliphatic carbocycles. The number of aliphatic imine (C=N–C) groups is 1. The van der Waals surface area contributed by atoms with Gasteiger partial charge < -0.3 is 15.4 Å². The monoisotopic (exact) mass is 533 g/mol. The third kappa shape index (κ3) is 6.63. The summed E-state index contributed by atoms with van der Waals surface area (Å²) in [5.74, 6) is 0.0889. The number of aromatic nitrogens is 1. The van der Waals surface area contributed by atoms with Gasteiger partial charge in [0.05, 0.1) is 23.3 Å². The number of para-hydroxylation sites is 1. The smallest absolute Gasteiger partial charge is 0.350 e. The lowest BCUT2D eigenvalue weighted by molar-refractivity contribution is -0.385. The topological polar surface area (TPSA) is 119 Å². The zero-order chi connectivity index (χ0) is 20.7. The molecule has 2 aromatic rings. The van der Waals surface area contributed by atoms with Crippen LogP contribution < -0.4 is 10.6 Å². The van der Waals surface area contributed by atoms with Crippen molar-refractivity contribution in [2.75, 3.05) is 13.7 Å². The third-order valence-corrected chi connectivity index (χ3v) is 5.18. The number of aryl methyl sites for hydroxylation is 1. The van der Waals surface area contributed by atoms with Crippen LogP contribution in [0.25, 0.3) is 0 Å². The number of rotatable bonds is 7. The molecule has 1 atom stereocenters. The Morgan fingerprint density at radius 3 is 2.72 bits per heavy atom. The summed E-state index contributed by atoms with van der Waals surface area (Å²) < 4.78 is 5.04. The minimum atomic E-state index is -0.412. The number of thiazole rings is 1. The van der Waals surface area contributed by atoms with E-state index in [0.29, 0.717) is 33.7 Å². The standard InChI is InChI=1S/C18H23N5O4S.HI/c1-5-27-17(24)15-11(2)21-16(28-15)12(3)22-18(19-4)20-10-13-8-6-7-9-14(13)23(25)26;/h6-9,12H,5,10H2,1-4H3,(H2,19,20,22);1H. The molecule has 1 aromatic carbocycles. The molecule has 1 unspecified atom stereocenters. The molecule has 0 fully saturated rings. The summed E-state index contributed by atoms with van der Waals surface area (Å²) in [5.41, 5.74) is 1.22. The highest BCUT2D eigenvalue weighted by Crippen LogP contribution is 2.24. The van der Waals surface area contributed by atoms with Gasteiger partial charge in [0.1, 0.15) is 9.88 Å². The number of nitro groups is 1. The molecule has 0 saturated heterocycles. The SMILES string of the molecule is CCOC(=O)c1sc(C(C)NC(=NC)NCc2ccccc2[N+](=O)[O-])nc1C.I. The van der Waals surface area contributed by atoms with E-state index in [2.05, 4.69) is 20.6 Å². The average molecular weight is 533 g/mol. The first-order valence-corrected chi connectivity index (χ1v) is 9.52. The van der Waals surface area contributed by atoms with E-state index in [-0.39, 0.29) is 48.2 Å². The van der Waals surface area contributed by atoms with Gasteiger partial charge in [-0.25, -0.2) is 9.78 Å². The van der Waals surface area contributed by atoms with E-state index >= 15 is 0 Å². The van der Waals surface area contributed by atoms with Crippen molar-refractivity contribution in [3.05, 3.63) is 55.5 Å². The second kappa shape index (κ2) is 11.7. The summed E-state index contributed by atoms with van der Waals surface area (Å²) in [4.78, 5) is 31.7. The van der Waals surface area contributed by atoms with Gasteiger partial charge >= 0.3 is 5.97 Å². The van der Waals surface area contributed by atoms with Gasteiger partial charge in [0, 0.05) is 25.2 Å². The van der Waals surface area contributed by atoms with Crippen LogP contribution >= 0.6 is 35.3 Å². The lowest BCUT2D eigenvalue weighted by Gasteiger charge is -2.16. The number of hydrogen-bond donors (Lipinski definition) is 2. The van der Waals surface area contributed by atoms with Gasteiger partial charge in [0.25, 0.3) is 5.69 Å². The Kier molecular flexibility index (Phi) is 9.95. The van der Waals surface area contributed by atoms with Crippen molar-refractivity contribution in [2.24, 2.45) is 4.99 Å². The highest BCUT2D eigenvalue weighted by Gasteiger charge is 2.20. The van der Waals surface area contributed by atoms with Crippen molar-refractivity contribution in [2.45, 2.75) is 33.4 Å². The quantitative estimate of drug-likeness (QED) is 0.140. The van der Waals surface area contributed by atoms with Crippen LogP contribution in [0.5, 0.6) is 0 Å². The predicted molar refractivity (Wildman–Crippen MR) is 123 cm³/mol. The largest absolute Gasteiger partial charge is 0.462 e. The average Bonchev–Trinajstić information content (AvgIpc) is 3.07. The number of nitrogens with zero attached hydrogens (tertiary/aromatic N) is 3. The number of hydrogen-bond acceptors (Lipinski definition) is 7. The molecule has 1 aromatic heterocycles. The van der Waals surface area contributed by atoms with Crippen molar-refractivity contribution < 1.29 is 14.5 Å². The fourth-order valence-corrected chi connectivity index (χ4v) is 3.43. The van der Waals surface area contributed by atoms with Gasteiger partial charge in [-0.1, -0.05) is 18.2 Å². The highest BCUT2D eigenvalue weighted by atomic mass is 127. The third-order valence-electron chi connectivity index (χ3n) is 3.86. The number of nitro benzene ring substituents is 1. The Balaban J connectivity index is 0.00000420. The highest BCUT2D eigenvalue weighted by molar-refractivity contribution is 14.0. The molecule has 1 heterocycles. The summed E-state index contributed by atoms with van der Waals surface area (Å²) in [6.45, 7) is 5.97. The summed E-state index contributed by atoms with van der Waals surface area (Å²) in [5, 5.41) is 18.1. The molecule has 0 aliphatic heterocycles. The van der Waals surface area contributed by atoms with Crippen LogP contribution in [0.1, 0.15) is 45.8 Å². The number of carbonyl (C=O) groups excluding carboxylic acids is 1. The number of nitrogens with one attached hydrogen (secondary N) is 2. The maximum absolute atomic E-state index is 12.0. The van der Waals surface area contributed by atoms with E-state index < -0.39 is 4.92 Å². The number of guanidine groups is 1. The molecule has 0 amide bonds. The molecular formula is C18H24IN5O4S. The van der Waals surface area contributed by atoms with Crippen LogP contribution in [-0.4, -0.2) is 35.5 Å². The van der Waals surface area contributed by atoms with Crippen molar-refractivity contribution >= 4 is 52.9 Å². The van der Waals surface area contributed by atoms with E-state index in [9.17, 15) is 14.9 Å².